The molecule has 31 heavy (non-hydrogen) atoms. The number of hydrogen-bond acceptors (Lipinski definition) is 5. The van der Waals surface area contributed by atoms with E-state index in [1.165, 1.54) is 6.42 Å². The summed E-state index contributed by atoms with van der Waals surface area (Å²) in [4.78, 5) is 26.4. The average Bonchev–Trinajstić information content (AvgIpc) is 2.77. The summed E-state index contributed by atoms with van der Waals surface area (Å²) >= 11 is 0. The van der Waals surface area contributed by atoms with Crippen molar-refractivity contribution in [2.75, 3.05) is 31.1 Å². The van der Waals surface area contributed by atoms with E-state index in [-0.39, 0.29) is 11.8 Å². The van der Waals surface area contributed by atoms with Crippen molar-refractivity contribution in [1.82, 2.24) is 14.9 Å². The third kappa shape index (κ3) is 3.61. The van der Waals surface area contributed by atoms with Crippen LogP contribution in [0.1, 0.15) is 47.2 Å². The fraction of sp³-hybridized carbons (Fsp3) is 0.360. The second-order valence-electron chi connectivity index (χ2n) is 8.71. The minimum absolute atomic E-state index is 0.0373. The molecule has 2 aliphatic rings. The summed E-state index contributed by atoms with van der Waals surface area (Å²) in [5.74, 6) is 1.58. The van der Waals surface area contributed by atoms with Gasteiger partial charge >= 0.3 is 0 Å². The molecule has 0 N–H and O–H groups in total. The molecule has 156 valence electrons. The Hall–Kier alpha value is -3.46. The lowest BCUT2D eigenvalue weighted by atomic mass is 9.83. The van der Waals surface area contributed by atoms with Crippen LogP contribution in [0.15, 0.2) is 48.8 Å². The lowest BCUT2D eigenvalue weighted by Gasteiger charge is -2.37. The summed E-state index contributed by atoms with van der Waals surface area (Å²) in [6.45, 7) is 5.68. The van der Waals surface area contributed by atoms with Gasteiger partial charge in [0.25, 0.3) is 5.91 Å². The Morgan fingerprint density at radius 3 is 2.71 bits per heavy atom. The van der Waals surface area contributed by atoms with Crippen LogP contribution in [-0.4, -0.2) is 47.0 Å². The maximum atomic E-state index is 13.3. The summed E-state index contributed by atoms with van der Waals surface area (Å²) < 4.78 is 0. The van der Waals surface area contributed by atoms with E-state index in [1.807, 2.05) is 41.3 Å². The topological polar surface area (TPSA) is 73.1 Å². The van der Waals surface area contributed by atoms with Crippen molar-refractivity contribution in [3.05, 3.63) is 65.5 Å². The van der Waals surface area contributed by atoms with Gasteiger partial charge in [0, 0.05) is 49.9 Å². The first kappa shape index (κ1) is 19.5. The van der Waals surface area contributed by atoms with Gasteiger partial charge in [-0.3, -0.25) is 9.78 Å². The van der Waals surface area contributed by atoms with E-state index in [0.29, 0.717) is 23.6 Å². The Bertz CT molecular complexity index is 1160. The maximum absolute atomic E-state index is 13.3. The molecule has 0 saturated carbocycles. The highest BCUT2D eigenvalue weighted by molar-refractivity contribution is 5.94. The first-order valence-electron chi connectivity index (χ1n) is 10.9. The molecule has 2 aliphatic heterocycles. The van der Waals surface area contributed by atoms with Gasteiger partial charge in [-0.15, -0.1) is 0 Å². The van der Waals surface area contributed by atoms with Gasteiger partial charge in [-0.05, 0) is 48.6 Å². The van der Waals surface area contributed by atoms with Crippen molar-refractivity contribution in [3.63, 3.8) is 0 Å². The van der Waals surface area contributed by atoms with Crippen molar-refractivity contribution in [3.8, 4) is 6.07 Å². The molecule has 0 aliphatic carbocycles. The van der Waals surface area contributed by atoms with E-state index in [2.05, 4.69) is 27.9 Å². The summed E-state index contributed by atoms with van der Waals surface area (Å²) in [6.07, 6.45) is 5.65. The minimum atomic E-state index is 0.0373. The number of carbonyl (C=O) groups is 1. The molecule has 4 heterocycles. The van der Waals surface area contributed by atoms with Crippen LogP contribution in [-0.2, 0) is 0 Å². The van der Waals surface area contributed by atoms with Crippen LogP contribution in [0.5, 0.6) is 0 Å². The van der Waals surface area contributed by atoms with Gasteiger partial charge in [-0.1, -0.05) is 19.1 Å². The van der Waals surface area contributed by atoms with E-state index < -0.39 is 0 Å². The predicted octanol–water partition coefficient (Wildman–Crippen LogP) is 3.98. The number of pyridine rings is 2. The Labute approximate surface area is 182 Å². The zero-order chi connectivity index (χ0) is 21.4. The monoisotopic (exact) mass is 411 g/mol. The van der Waals surface area contributed by atoms with Gasteiger partial charge < -0.3 is 9.80 Å². The quantitative estimate of drug-likeness (QED) is 0.652. The number of likely N-dealkylation sites (tertiary alicyclic amines) is 1. The number of benzene rings is 1. The molecule has 1 aromatic carbocycles. The molecule has 3 aromatic rings. The average molecular weight is 412 g/mol. The van der Waals surface area contributed by atoms with Crippen LogP contribution < -0.4 is 4.90 Å². The molecule has 1 amide bonds. The van der Waals surface area contributed by atoms with Crippen LogP contribution in [0.2, 0.25) is 0 Å². The number of nitrogens with zero attached hydrogens (tertiary/aromatic N) is 5. The van der Waals surface area contributed by atoms with Crippen LogP contribution in [0, 0.1) is 17.2 Å². The summed E-state index contributed by atoms with van der Waals surface area (Å²) in [7, 11) is 0. The number of amides is 1. The Kier molecular flexibility index (Phi) is 5.03. The van der Waals surface area contributed by atoms with E-state index in [1.54, 1.807) is 12.4 Å². The smallest absolute Gasteiger partial charge is 0.255 e. The predicted molar refractivity (Wildman–Crippen MR) is 120 cm³/mol. The Morgan fingerprint density at radius 2 is 2.00 bits per heavy atom. The van der Waals surface area contributed by atoms with Crippen molar-refractivity contribution in [1.29, 1.82) is 5.26 Å². The molecule has 5 rings (SSSR count). The molecule has 2 fully saturated rings. The Morgan fingerprint density at radius 1 is 1.13 bits per heavy atom. The highest BCUT2D eigenvalue weighted by Gasteiger charge is 2.30. The molecule has 6 nitrogen and oxygen atoms in total. The Balaban J connectivity index is 1.41. The summed E-state index contributed by atoms with van der Waals surface area (Å²) in [5.41, 5.74) is 3.13. The normalized spacial score (nSPS) is 20.9. The van der Waals surface area contributed by atoms with Gasteiger partial charge in [0.1, 0.15) is 11.9 Å². The molecule has 0 radical (unpaired) electrons. The SMILES string of the molecule is C[C@@H]1C[C@H](c2ccc(C#N)c3ncccc23)CN(C(=O)c2ccc(N3CCC3)nc2)C1. The van der Waals surface area contributed by atoms with Crippen LogP contribution in [0.25, 0.3) is 10.9 Å². The van der Waals surface area contributed by atoms with Gasteiger partial charge in [-0.25, -0.2) is 4.98 Å². The molecule has 2 aromatic heterocycles. The van der Waals surface area contributed by atoms with E-state index in [9.17, 15) is 10.1 Å². The highest BCUT2D eigenvalue weighted by Crippen LogP contribution is 2.35. The molecule has 0 unspecified atom stereocenters. The number of rotatable bonds is 3. The molecule has 6 heteroatoms. The third-order valence-electron chi connectivity index (χ3n) is 6.49. The maximum Gasteiger partial charge on any atom is 0.255 e. The first-order valence-corrected chi connectivity index (χ1v) is 10.9. The van der Waals surface area contributed by atoms with Gasteiger partial charge in [-0.2, -0.15) is 5.26 Å². The largest absolute Gasteiger partial charge is 0.356 e. The first-order chi connectivity index (χ1) is 15.1. The second kappa shape index (κ2) is 7.99. The number of aromatic nitrogens is 2. The van der Waals surface area contributed by atoms with Crippen molar-refractivity contribution in [2.24, 2.45) is 5.92 Å². The number of fused-ring (bicyclic) bond motifs is 1. The van der Waals surface area contributed by atoms with Crippen molar-refractivity contribution >= 4 is 22.6 Å². The zero-order valence-electron chi connectivity index (χ0n) is 17.7. The summed E-state index contributed by atoms with van der Waals surface area (Å²) in [5, 5.41) is 10.4. The fourth-order valence-electron chi connectivity index (χ4n) is 4.81. The third-order valence-corrected chi connectivity index (χ3v) is 6.49. The molecule has 2 saturated heterocycles. The highest BCUT2D eigenvalue weighted by atomic mass is 16.2. The zero-order valence-corrected chi connectivity index (χ0v) is 17.7. The van der Waals surface area contributed by atoms with Crippen molar-refractivity contribution in [2.45, 2.75) is 25.7 Å². The molecular weight excluding hydrogens is 386 g/mol. The van der Waals surface area contributed by atoms with Gasteiger partial charge in [0.05, 0.1) is 16.6 Å². The number of piperidine rings is 1. The van der Waals surface area contributed by atoms with Crippen LogP contribution >= 0.6 is 0 Å². The fourth-order valence-corrected chi connectivity index (χ4v) is 4.81. The minimum Gasteiger partial charge on any atom is -0.356 e. The molecular formula is C25H25N5O. The lowest BCUT2D eigenvalue weighted by Crippen LogP contribution is -2.42. The van der Waals surface area contributed by atoms with Crippen LogP contribution in [0.4, 0.5) is 5.82 Å². The van der Waals surface area contributed by atoms with E-state index in [4.69, 9.17) is 0 Å². The number of nitriles is 1. The van der Waals surface area contributed by atoms with Gasteiger partial charge in [0.15, 0.2) is 0 Å². The van der Waals surface area contributed by atoms with Gasteiger partial charge in [0.2, 0.25) is 0 Å². The second-order valence-corrected chi connectivity index (χ2v) is 8.71. The molecule has 0 bridgehead atoms. The number of carbonyl (C=O) groups excluding carboxylic acids is 1. The van der Waals surface area contributed by atoms with Crippen LogP contribution in [0.3, 0.4) is 0 Å². The number of anilines is 1. The standard InChI is InChI=1S/C25H25N5O/c1-17-12-20(21-7-5-18(13-26)24-22(21)4-2-9-27-24)16-30(15-17)25(31)19-6-8-23(28-14-19)29-10-3-11-29/h2,4-9,14,17,20H,3,10-12,15-16H2,1H3/t17-,20+/m1/s1. The van der Waals surface area contributed by atoms with E-state index >= 15 is 0 Å². The summed E-state index contributed by atoms with van der Waals surface area (Å²) in [6, 6.07) is 13.9. The molecule has 0 spiro atoms. The van der Waals surface area contributed by atoms with Crippen molar-refractivity contribution < 1.29 is 4.79 Å². The number of hydrogen-bond donors (Lipinski definition) is 0. The lowest BCUT2D eigenvalue weighted by molar-refractivity contribution is 0.0658. The van der Waals surface area contributed by atoms with E-state index in [0.717, 1.165) is 48.3 Å². The molecule has 2 atom stereocenters.